The molecule has 1 saturated heterocycles. The van der Waals surface area contributed by atoms with E-state index < -0.39 is 0 Å². The number of benzene rings is 1. The van der Waals surface area contributed by atoms with Crippen molar-refractivity contribution in [3.63, 3.8) is 0 Å². The maximum Gasteiger partial charge on any atom is 0.298 e. The molecule has 20 heavy (non-hydrogen) atoms. The van der Waals surface area contributed by atoms with Gasteiger partial charge in [0.05, 0.1) is 5.69 Å². The van der Waals surface area contributed by atoms with Crippen LogP contribution in [0.4, 0.5) is 11.7 Å². The molecule has 0 saturated carbocycles. The first-order valence-electron chi connectivity index (χ1n) is 7.29. The average Bonchev–Trinajstić information content (AvgIpc) is 3.05. The summed E-state index contributed by atoms with van der Waals surface area (Å²) >= 11 is 0. The molecule has 2 N–H and O–H groups in total. The number of rotatable bonds is 4. The van der Waals surface area contributed by atoms with E-state index in [4.69, 9.17) is 10.2 Å². The van der Waals surface area contributed by atoms with Gasteiger partial charge >= 0.3 is 0 Å². The molecule has 1 aliphatic heterocycles. The highest BCUT2D eigenvalue weighted by Gasteiger charge is 2.25. The molecule has 0 radical (unpaired) electrons. The summed E-state index contributed by atoms with van der Waals surface area (Å²) in [7, 11) is 2.03. The van der Waals surface area contributed by atoms with Crippen molar-refractivity contribution in [3.05, 3.63) is 18.2 Å². The van der Waals surface area contributed by atoms with Crippen molar-refractivity contribution in [1.29, 1.82) is 0 Å². The van der Waals surface area contributed by atoms with Crippen LogP contribution in [0.15, 0.2) is 22.6 Å². The number of nitrogens with zero attached hydrogens (tertiary/aromatic N) is 3. The lowest BCUT2D eigenvalue weighted by Crippen LogP contribution is -2.38. The lowest BCUT2D eigenvalue weighted by molar-refractivity contribution is 0.269. The van der Waals surface area contributed by atoms with E-state index in [2.05, 4.69) is 21.7 Å². The topological polar surface area (TPSA) is 58.5 Å². The number of aromatic nitrogens is 1. The van der Waals surface area contributed by atoms with Crippen LogP contribution in [0, 0.1) is 0 Å². The maximum absolute atomic E-state index is 5.93. The molecule has 2 heterocycles. The second-order valence-electron chi connectivity index (χ2n) is 5.50. The van der Waals surface area contributed by atoms with E-state index in [-0.39, 0.29) is 0 Å². The molecule has 0 bridgehead atoms. The minimum atomic E-state index is 0.595. The molecule has 1 aromatic carbocycles. The lowest BCUT2D eigenvalue weighted by Gasteiger charge is -2.26. The Morgan fingerprint density at radius 3 is 3.10 bits per heavy atom. The third-order valence-corrected chi connectivity index (χ3v) is 4.16. The van der Waals surface area contributed by atoms with Gasteiger partial charge in [-0.05, 0) is 38.1 Å². The summed E-state index contributed by atoms with van der Waals surface area (Å²) in [6.07, 6.45) is 2.54. The van der Waals surface area contributed by atoms with Gasteiger partial charge in [0.1, 0.15) is 5.52 Å². The third-order valence-electron chi connectivity index (χ3n) is 4.16. The molecule has 5 heteroatoms. The van der Waals surface area contributed by atoms with Crippen molar-refractivity contribution in [2.24, 2.45) is 0 Å². The molecule has 0 amide bonds. The van der Waals surface area contributed by atoms with Gasteiger partial charge < -0.3 is 15.1 Å². The zero-order valence-electron chi connectivity index (χ0n) is 12.2. The van der Waals surface area contributed by atoms with Crippen LogP contribution in [0.2, 0.25) is 0 Å². The number of para-hydroxylation sites is 1. The number of hydrogen-bond acceptors (Lipinski definition) is 5. The predicted molar refractivity (Wildman–Crippen MR) is 82.0 cm³/mol. The Bertz CT molecular complexity index is 595. The number of nitrogen functional groups attached to an aromatic ring is 1. The summed E-state index contributed by atoms with van der Waals surface area (Å²) in [6.45, 7) is 5.48. The lowest BCUT2D eigenvalue weighted by atomic mass is 10.2. The van der Waals surface area contributed by atoms with Crippen LogP contribution in [-0.2, 0) is 0 Å². The molecular weight excluding hydrogens is 252 g/mol. The first-order chi connectivity index (χ1) is 9.69. The van der Waals surface area contributed by atoms with Crippen molar-refractivity contribution < 1.29 is 4.42 Å². The van der Waals surface area contributed by atoms with E-state index in [0.29, 0.717) is 17.7 Å². The van der Waals surface area contributed by atoms with E-state index in [1.54, 1.807) is 0 Å². The third kappa shape index (κ3) is 2.33. The summed E-state index contributed by atoms with van der Waals surface area (Å²) in [5.41, 5.74) is 8.11. The Morgan fingerprint density at radius 2 is 2.35 bits per heavy atom. The first-order valence-corrected chi connectivity index (χ1v) is 7.29. The molecule has 2 aromatic rings. The fraction of sp³-hybridized carbons (Fsp3) is 0.533. The van der Waals surface area contributed by atoms with Crippen molar-refractivity contribution in [2.75, 3.05) is 37.3 Å². The van der Waals surface area contributed by atoms with Crippen LogP contribution < -0.4 is 10.6 Å². The highest BCUT2D eigenvalue weighted by molar-refractivity contribution is 5.86. The highest BCUT2D eigenvalue weighted by Crippen LogP contribution is 2.26. The van der Waals surface area contributed by atoms with Gasteiger partial charge in [0.25, 0.3) is 6.01 Å². The molecule has 0 spiro atoms. The van der Waals surface area contributed by atoms with E-state index >= 15 is 0 Å². The van der Waals surface area contributed by atoms with Crippen LogP contribution in [0.3, 0.4) is 0 Å². The Morgan fingerprint density at radius 1 is 1.50 bits per heavy atom. The number of hydrogen-bond donors (Lipinski definition) is 1. The predicted octanol–water partition coefficient (Wildman–Crippen LogP) is 2.33. The first kappa shape index (κ1) is 13.2. The molecular formula is C15H22N4O. The number of likely N-dealkylation sites (N-methyl/N-ethyl adjacent to an activating group) is 2. The number of likely N-dealkylation sites (tertiary alicyclic amines) is 1. The van der Waals surface area contributed by atoms with Crippen molar-refractivity contribution >= 4 is 22.8 Å². The fourth-order valence-electron chi connectivity index (χ4n) is 3.03. The molecule has 5 nitrogen and oxygen atoms in total. The number of oxazole rings is 1. The number of nitrogens with two attached hydrogens (primary N) is 1. The molecule has 1 unspecified atom stereocenters. The molecule has 1 fully saturated rings. The Labute approximate surface area is 119 Å². The molecule has 0 aliphatic carbocycles. The fourth-order valence-corrected chi connectivity index (χ4v) is 3.03. The number of fused-ring (bicyclic) bond motifs is 1. The van der Waals surface area contributed by atoms with Gasteiger partial charge in [-0.2, -0.15) is 4.98 Å². The van der Waals surface area contributed by atoms with Gasteiger partial charge in [-0.25, -0.2) is 0 Å². The van der Waals surface area contributed by atoms with Gasteiger partial charge in [0, 0.05) is 19.6 Å². The van der Waals surface area contributed by atoms with Crippen LogP contribution in [0.25, 0.3) is 11.1 Å². The summed E-state index contributed by atoms with van der Waals surface area (Å²) in [5, 5.41) is 0. The van der Waals surface area contributed by atoms with E-state index in [9.17, 15) is 0 Å². The summed E-state index contributed by atoms with van der Waals surface area (Å²) in [6, 6.07) is 6.90. The van der Waals surface area contributed by atoms with Gasteiger partial charge in [-0.15, -0.1) is 0 Å². The maximum atomic E-state index is 5.93. The summed E-state index contributed by atoms with van der Waals surface area (Å²) in [5.74, 6) is 0. The highest BCUT2D eigenvalue weighted by atomic mass is 16.4. The van der Waals surface area contributed by atoms with Crippen molar-refractivity contribution in [2.45, 2.75) is 25.8 Å². The van der Waals surface area contributed by atoms with Crippen LogP contribution in [0.5, 0.6) is 0 Å². The summed E-state index contributed by atoms with van der Waals surface area (Å²) < 4.78 is 5.81. The van der Waals surface area contributed by atoms with Crippen molar-refractivity contribution in [3.8, 4) is 0 Å². The SMILES string of the molecule is CCN1CCCC1CN(C)c1nc2c(N)cccc2o1. The molecule has 1 atom stereocenters. The van der Waals surface area contributed by atoms with Gasteiger partial charge in [0.15, 0.2) is 5.58 Å². The standard InChI is InChI=1S/C15H22N4O/c1-3-19-9-5-6-11(19)10-18(2)15-17-14-12(16)7-4-8-13(14)20-15/h4,7-8,11H,3,5-6,9-10,16H2,1-2H3. The van der Waals surface area contributed by atoms with E-state index in [0.717, 1.165) is 24.2 Å². The van der Waals surface area contributed by atoms with E-state index in [1.807, 2.05) is 25.2 Å². The Balaban J connectivity index is 1.78. The van der Waals surface area contributed by atoms with Crippen LogP contribution >= 0.6 is 0 Å². The molecule has 3 rings (SSSR count). The largest absolute Gasteiger partial charge is 0.423 e. The minimum absolute atomic E-state index is 0.595. The Hall–Kier alpha value is -1.75. The quantitative estimate of drug-likeness (QED) is 0.867. The number of anilines is 2. The summed E-state index contributed by atoms with van der Waals surface area (Å²) in [4.78, 5) is 9.14. The zero-order valence-corrected chi connectivity index (χ0v) is 12.2. The van der Waals surface area contributed by atoms with Gasteiger partial charge in [-0.1, -0.05) is 13.0 Å². The van der Waals surface area contributed by atoms with Gasteiger partial charge in [-0.3, -0.25) is 4.90 Å². The van der Waals surface area contributed by atoms with E-state index in [1.165, 1.54) is 19.4 Å². The van der Waals surface area contributed by atoms with Crippen molar-refractivity contribution in [1.82, 2.24) is 9.88 Å². The second-order valence-corrected chi connectivity index (χ2v) is 5.50. The van der Waals surface area contributed by atoms with Crippen LogP contribution in [0.1, 0.15) is 19.8 Å². The smallest absolute Gasteiger partial charge is 0.298 e. The molecule has 1 aromatic heterocycles. The van der Waals surface area contributed by atoms with Crippen LogP contribution in [-0.4, -0.2) is 42.6 Å². The Kier molecular flexibility index (Phi) is 3.53. The normalized spacial score (nSPS) is 19.8. The van der Waals surface area contributed by atoms with Gasteiger partial charge in [0.2, 0.25) is 0 Å². The molecule has 108 valence electrons. The average molecular weight is 274 g/mol. The minimum Gasteiger partial charge on any atom is -0.423 e. The second kappa shape index (κ2) is 5.32. The molecule has 1 aliphatic rings. The monoisotopic (exact) mass is 274 g/mol. The zero-order chi connectivity index (χ0) is 14.1.